The van der Waals surface area contributed by atoms with Gasteiger partial charge < -0.3 is 10.3 Å². The van der Waals surface area contributed by atoms with E-state index in [1.165, 1.54) is 11.3 Å². The Kier molecular flexibility index (Phi) is 3.31. The quantitative estimate of drug-likeness (QED) is 0.759. The summed E-state index contributed by atoms with van der Waals surface area (Å²) in [5.41, 5.74) is 8.57. The van der Waals surface area contributed by atoms with Crippen LogP contribution in [0.2, 0.25) is 0 Å². The fourth-order valence-corrected chi connectivity index (χ4v) is 3.02. The molecule has 0 spiro atoms. The normalized spacial score (nSPS) is 10.9. The molecular weight excluding hydrogens is 340 g/mol. The maximum absolute atomic E-state index is 6.01. The molecule has 0 aliphatic heterocycles. The Morgan fingerprint density at radius 2 is 2.10 bits per heavy atom. The molecule has 0 aromatic carbocycles. The van der Waals surface area contributed by atoms with Crippen molar-refractivity contribution in [1.29, 1.82) is 0 Å². The number of thiophene rings is 1. The Morgan fingerprint density at radius 3 is 2.70 bits per heavy atom. The lowest BCUT2D eigenvalue weighted by atomic mass is 10.1. The Labute approximate surface area is 128 Å². The van der Waals surface area contributed by atoms with Crippen LogP contribution in [0.1, 0.15) is 10.4 Å². The summed E-state index contributed by atoms with van der Waals surface area (Å²) in [5, 5.41) is 4.66. The van der Waals surface area contributed by atoms with E-state index in [-0.39, 0.29) is 0 Å². The van der Waals surface area contributed by atoms with E-state index in [0.717, 1.165) is 20.5 Å². The zero-order chi connectivity index (χ0) is 14.3. The predicted octanol–water partition coefficient (Wildman–Crippen LogP) is 3.82. The molecule has 0 unspecified atom stereocenters. The molecule has 3 rings (SSSR count). The van der Waals surface area contributed by atoms with E-state index in [0.29, 0.717) is 22.4 Å². The third-order valence-electron chi connectivity index (χ3n) is 3.01. The zero-order valence-corrected chi connectivity index (χ0v) is 13.2. The van der Waals surface area contributed by atoms with Crippen LogP contribution in [0.4, 0.5) is 5.00 Å². The SMILES string of the molecule is Cc1sc(N)c(-c2nc(-c3ccc(Br)cn3)no2)c1C. The molecule has 0 saturated heterocycles. The van der Waals surface area contributed by atoms with Gasteiger partial charge in [-0.25, -0.2) is 0 Å². The molecule has 0 aliphatic carbocycles. The average molecular weight is 351 g/mol. The molecule has 0 saturated carbocycles. The first-order valence-corrected chi connectivity index (χ1v) is 7.48. The Bertz CT molecular complexity index is 763. The van der Waals surface area contributed by atoms with Crippen molar-refractivity contribution in [2.45, 2.75) is 13.8 Å². The highest BCUT2D eigenvalue weighted by Gasteiger charge is 2.19. The van der Waals surface area contributed by atoms with Crippen molar-refractivity contribution in [2.75, 3.05) is 5.73 Å². The van der Waals surface area contributed by atoms with Crippen LogP contribution in [-0.4, -0.2) is 15.1 Å². The van der Waals surface area contributed by atoms with Gasteiger partial charge in [0, 0.05) is 15.5 Å². The lowest BCUT2D eigenvalue weighted by Crippen LogP contribution is -1.88. The first-order chi connectivity index (χ1) is 9.56. The first-order valence-electron chi connectivity index (χ1n) is 5.87. The van der Waals surface area contributed by atoms with E-state index >= 15 is 0 Å². The van der Waals surface area contributed by atoms with E-state index in [1.807, 2.05) is 26.0 Å². The van der Waals surface area contributed by atoms with E-state index in [1.54, 1.807) is 6.20 Å². The summed E-state index contributed by atoms with van der Waals surface area (Å²) >= 11 is 4.87. The fourth-order valence-electron chi connectivity index (χ4n) is 1.86. The maximum atomic E-state index is 6.01. The van der Waals surface area contributed by atoms with Crippen molar-refractivity contribution >= 4 is 32.3 Å². The van der Waals surface area contributed by atoms with Gasteiger partial charge in [0.2, 0.25) is 5.82 Å². The van der Waals surface area contributed by atoms with Gasteiger partial charge in [-0.2, -0.15) is 4.98 Å². The minimum absolute atomic E-state index is 0.434. The van der Waals surface area contributed by atoms with Crippen LogP contribution >= 0.6 is 27.3 Å². The average Bonchev–Trinajstić information content (AvgIpc) is 2.97. The highest BCUT2D eigenvalue weighted by atomic mass is 79.9. The molecule has 0 atom stereocenters. The van der Waals surface area contributed by atoms with Crippen LogP contribution in [0.3, 0.4) is 0 Å². The number of nitrogen functional groups attached to an aromatic ring is 1. The first kappa shape index (κ1) is 13.3. The minimum atomic E-state index is 0.434. The Balaban J connectivity index is 2.04. The van der Waals surface area contributed by atoms with Gasteiger partial charge in [0.05, 0.1) is 10.6 Å². The lowest BCUT2D eigenvalue weighted by molar-refractivity contribution is 0.432. The summed E-state index contributed by atoms with van der Waals surface area (Å²) in [7, 11) is 0. The smallest absolute Gasteiger partial charge is 0.261 e. The number of aromatic nitrogens is 3. The van der Waals surface area contributed by atoms with Gasteiger partial charge >= 0.3 is 0 Å². The molecular formula is C13H11BrN4OS. The molecule has 102 valence electrons. The van der Waals surface area contributed by atoms with Crippen molar-refractivity contribution < 1.29 is 4.52 Å². The van der Waals surface area contributed by atoms with Gasteiger partial charge in [-0.15, -0.1) is 11.3 Å². The molecule has 7 heteroatoms. The highest BCUT2D eigenvalue weighted by Crippen LogP contribution is 2.37. The molecule has 3 heterocycles. The molecule has 20 heavy (non-hydrogen) atoms. The van der Waals surface area contributed by atoms with Crippen molar-refractivity contribution in [3.63, 3.8) is 0 Å². The molecule has 0 amide bonds. The number of pyridine rings is 1. The number of halogens is 1. The monoisotopic (exact) mass is 350 g/mol. The second-order valence-electron chi connectivity index (χ2n) is 4.31. The van der Waals surface area contributed by atoms with Gasteiger partial charge in [-0.3, -0.25) is 4.98 Å². The van der Waals surface area contributed by atoms with Crippen LogP contribution in [0, 0.1) is 13.8 Å². The number of hydrogen-bond donors (Lipinski definition) is 1. The van der Waals surface area contributed by atoms with E-state index in [9.17, 15) is 0 Å². The van der Waals surface area contributed by atoms with Crippen LogP contribution in [-0.2, 0) is 0 Å². The second kappa shape index (κ2) is 4.99. The summed E-state index contributed by atoms with van der Waals surface area (Å²) in [4.78, 5) is 9.78. The molecule has 2 N–H and O–H groups in total. The Morgan fingerprint density at radius 1 is 1.30 bits per heavy atom. The van der Waals surface area contributed by atoms with E-state index in [4.69, 9.17) is 10.3 Å². The number of anilines is 1. The highest BCUT2D eigenvalue weighted by molar-refractivity contribution is 9.10. The second-order valence-corrected chi connectivity index (χ2v) is 6.48. The predicted molar refractivity (Wildman–Crippen MR) is 82.4 cm³/mol. The van der Waals surface area contributed by atoms with Gasteiger partial charge in [0.25, 0.3) is 5.89 Å². The molecule has 0 bridgehead atoms. The van der Waals surface area contributed by atoms with Crippen molar-refractivity contribution in [2.24, 2.45) is 0 Å². The van der Waals surface area contributed by atoms with Crippen LogP contribution in [0.5, 0.6) is 0 Å². The van der Waals surface area contributed by atoms with Gasteiger partial charge in [0.1, 0.15) is 5.69 Å². The number of hydrogen-bond acceptors (Lipinski definition) is 6. The molecule has 3 aromatic rings. The maximum Gasteiger partial charge on any atom is 0.261 e. The van der Waals surface area contributed by atoms with Gasteiger partial charge in [0.15, 0.2) is 0 Å². The lowest BCUT2D eigenvalue weighted by Gasteiger charge is -1.95. The summed E-state index contributed by atoms with van der Waals surface area (Å²) in [6, 6.07) is 3.71. The topological polar surface area (TPSA) is 77.8 Å². The summed E-state index contributed by atoms with van der Waals surface area (Å²) in [6.07, 6.45) is 1.69. The van der Waals surface area contributed by atoms with Crippen molar-refractivity contribution in [1.82, 2.24) is 15.1 Å². The molecule has 0 aliphatic rings. The van der Waals surface area contributed by atoms with Gasteiger partial charge in [-0.1, -0.05) is 5.16 Å². The Hall–Kier alpha value is -1.73. The largest absolute Gasteiger partial charge is 0.390 e. The van der Waals surface area contributed by atoms with Crippen LogP contribution in [0.25, 0.3) is 23.0 Å². The summed E-state index contributed by atoms with van der Waals surface area (Å²) in [5.74, 6) is 0.888. The zero-order valence-electron chi connectivity index (χ0n) is 10.8. The standard InChI is InChI=1S/C13H11BrN4OS/c1-6-7(2)20-11(15)10(6)13-17-12(18-19-13)9-4-3-8(14)5-16-9/h3-5H,15H2,1-2H3. The van der Waals surface area contributed by atoms with E-state index < -0.39 is 0 Å². The third-order valence-corrected chi connectivity index (χ3v) is 4.51. The minimum Gasteiger partial charge on any atom is -0.390 e. The summed E-state index contributed by atoms with van der Waals surface area (Å²) < 4.78 is 6.23. The molecule has 0 fully saturated rings. The van der Waals surface area contributed by atoms with Gasteiger partial charge in [-0.05, 0) is 47.5 Å². The van der Waals surface area contributed by atoms with Crippen LogP contribution in [0.15, 0.2) is 27.3 Å². The molecule has 0 radical (unpaired) electrons. The number of nitrogens with zero attached hydrogens (tertiary/aromatic N) is 3. The van der Waals surface area contributed by atoms with Crippen molar-refractivity contribution in [3.05, 3.63) is 33.2 Å². The van der Waals surface area contributed by atoms with Crippen LogP contribution < -0.4 is 5.73 Å². The fraction of sp³-hybridized carbons (Fsp3) is 0.154. The third kappa shape index (κ3) is 2.23. The number of nitrogens with two attached hydrogens (primary N) is 1. The molecule has 3 aromatic heterocycles. The number of rotatable bonds is 2. The van der Waals surface area contributed by atoms with Crippen molar-refractivity contribution in [3.8, 4) is 23.0 Å². The van der Waals surface area contributed by atoms with E-state index in [2.05, 4.69) is 31.1 Å². The summed E-state index contributed by atoms with van der Waals surface area (Å²) in [6.45, 7) is 4.02. The number of aryl methyl sites for hydroxylation is 1. The molecule has 5 nitrogen and oxygen atoms in total.